The van der Waals surface area contributed by atoms with Gasteiger partial charge in [0.25, 0.3) is 0 Å². The normalized spacial score (nSPS) is 16.6. The van der Waals surface area contributed by atoms with Crippen molar-refractivity contribution in [3.05, 3.63) is 16.1 Å². The van der Waals surface area contributed by atoms with E-state index in [-0.39, 0.29) is 18.3 Å². The number of nitrogens with two attached hydrogens (primary N) is 1. The summed E-state index contributed by atoms with van der Waals surface area (Å²) in [4.78, 5) is 17.4. The van der Waals surface area contributed by atoms with Gasteiger partial charge in [-0.3, -0.25) is 4.79 Å². The van der Waals surface area contributed by atoms with E-state index in [9.17, 15) is 4.79 Å². The van der Waals surface area contributed by atoms with Crippen LogP contribution in [0.4, 0.5) is 11.6 Å². The van der Waals surface area contributed by atoms with Gasteiger partial charge in [-0.05, 0) is 12.5 Å². The van der Waals surface area contributed by atoms with Crippen molar-refractivity contribution in [3.63, 3.8) is 0 Å². The molecule has 92 valence electrons. The van der Waals surface area contributed by atoms with Crippen LogP contribution in [0.5, 0.6) is 0 Å². The summed E-state index contributed by atoms with van der Waals surface area (Å²) in [5.41, 5.74) is 5.64. The fourth-order valence-electron chi connectivity index (χ4n) is 1.68. The molecule has 0 unspecified atom stereocenters. The lowest BCUT2D eigenvalue weighted by atomic mass is 10.3. The molecule has 0 atom stereocenters. The number of carbonyl (C=O) groups excluding carboxylic acids is 1. The first kappa shape index (κ1) is 12.3. The zero-order chi connectivity index (χ0) is 12.4. The van der Waals surface area contributed by atoms with Crippen molar-refractivity contribution in [3.8, 4) is 0 Å². The standard InChI is InChI=1S/C10H12Cl2N4O/c11-6-4-7(12)10(15-9(6)13)16-3-1-2-14-8(17)5-16/h4H,1-3,5H2,(H2,13,15)(H,14,17). The Morgan fingerprint density at radius 3 is 2.94 bits per heavy atom. The van der Waals surface area contributed by atoms with E-state index in [1.807, 2.05) is 0 Å². The second-order valence-electron chi connectivity index (χ2n) is 3.79. The van der Waals surface area contributed by atoms with Gasteiger partial charge in [0.15, 0.2) is 0 Å². The third-order valence-corrected chi connectivity index (χ3v) is 3.08. The number of halogens is 2. The minimum Gasteiger partial charge on any atom is -0.382 e. The van der Waals surface area contributed by atoms with Gasteiger partial charge in [0.05, 0.1) is 16.6 Å². The molecule has 1 fully saturated rings. The molecule has 1 saturated heterocycles. The van der Waals surface area contributed by atoms with Crippen LogP contribution in [-0.4, -0.2) is 30.5 Å². The van der Waals surface area contributed by atoms with Crippen LogP contribution in [0.3, 0.4) is 0 Å². The molecule has 17 heavy (non-hydrogen) atoms. The molecule has 5 nitrogen and oxygen atoms in total. The van der Waals surface area contributed by atoms with Gasteiger partial charge in [0.2, 0.25) is 5.91 Å². The van der Waals surface area contributed by atoms with Gasteiger partial charge in [-0.2, -0.15) is 0 Å². The maximum atomic E-state index is 11.4. The number of hydrogen-bond acceptors (Lipinski definition) is 4. The highest BCUT2D eigenvalue weighted by Gasteiger charge is 2.19. The summed E-state index contributed by atoms with van der Waals surface area (Å²) in [5, 5.41) is 3.50. The summed E-state index contributed by atoms with van der Waals surface area (Å²) in [6.07, 6.45) is 0.840. The highest BCUT2D eigenvalue weighted by Crippen LogP contribution is 2.30. The molecule has 3 N–H and O–H groups in total. The second kappa shape index (κ2) is 4.98. The number of rotatable bonds is 1. The van der Waals surface area contributed by atoms with Crippen molar-refractivity contribution in [1.82, 2.24) is 10.3 Å². The monoisotopic (exact) mass is 274 g/mol. The Labute approximate surface area is 109 Å². The van der Waals surface area contributed by atoms with Crippen LogP contribution in [0.15, 0.2) is 6.07 Å². The average molecular weight is 275 g/mol. The molecular weight excluding hydrogens is 263 g/mol. The van der Waals surface area contributed by atoms with Crippen molar-refractivity contribution < 1.29 is 4.79 Å². The van der Waals surface area contributed by atoms with Crippen molar-refractivity contribution >= 4 is 40.7 Å². The summed E-state index contributed by atoms with van der Waals surface area (Å²) >= 11 is 11.9. The van der Waals surface area contributed by atoms with E-state index < -0.39 is 0 Å². The van der Waals surface area contributed by atoms with Crippen molar-refractivity contribution in [2.75, 3.05) is 30.3 Å². The van der Waals surface area contributed by atoms with Crippen molar-refractivity contribution in [2.24, 2.45) is 0 Å². The van der Waals surface area contributed by atoms with Crippen LogP contribution in [0.1, 0.15) is 6.42 Å². The van der Waals surface area contributed by atoms with Gasteiger partial charge in [-0.1, -0.05) is 23.2 Å². The van der Waals surface area contributed by atoms with E-state index in [0.29, 0.717) is 29.0 Å². The number of amides is 1. The number of nitrogen functional groups attached to an aromatic ring is 1. The molecule has 1 aromatic heterocycles. The number of nitrogens with zero attached hydrogens (tertiary/aromatic N) is 2. The van der Waals surface area contributed by atoms with Crippen LogP contribution in [0.2, 0.25) is 10.0 Å². The molecule has 2 heterocycles. The zero-order valence-electron chi connectivity index (χ0n) is 9.04. The summed E-state index contributed by atoms with van der Waals surface area (Å²) in [5.74, 6) is 0.676. The lowest BCUT2D eigenvalue weighted by molar-refractivity contribution is -0.119. The van der Waals surface area contributed by atoms with E-state index in [4.69, 9.17) is 28.9 Å². The largest absolute Gasteiger partial charge is 0.382 e. The molecule has 0 aliphatic carbocycles. The number of pyridine rings is 1. The first-order chi connectivity index (χ1) is 8.08. The molecule has 1 aromatic rings. The SMILES string of the molecule is Nc1nc(N2CCCNC(=O)C2)c(Cl)cc1Cl. The van der Waals surface area contributed by atoms with Crippen LogP contribution in [-0.2, 0) is 4.79 Å². The predicted molar refractivity (Wildman–Crippen MR) is 68.5 cm³/mol. The van der Waals surface area contributed by atoms with Gasteiger partial charge in [-0.25, -0.2) is 4.98 Å². The molecule has 1 aliphatic heterocycles. The summed E-state index contributed by atoms with van der Waals surface area (Å²) in [6.45, 7) is 1.59. The molecular formula is C10H12Cl2N4O. The average Bonchev–Trinajstić information content (AvgIpc) is 2.48. The highest BCUT2D eigenvalue weighted by atomic mass is 35.5. The van der Waals surface area contributed by atoms with E-state index >= 15 is 0 Å². The van der Waals surface area contributed by atoms with Crippen molar-refractivity contribution in [1.29, 1.82) is 0 Å². The molecule has 0 radical (unpaired) electrons. The van der Waals surface area contributed by atoms with Crippen LogP contribution in [0.25, 0.3) is 0 Å². The fourth-order valence-corrected chi connectivity index (χ4v) is 2.16. The van der Waals surface area contributed by atoms with Gasteiger partial charge in [-0.15, -0.1) is 0 Å². The number of hydrogen-bond donors (Lipinski definition) is 2. The van der Waals surface area contributed by atoms with E-state index in [1.165, 1.54) is 0 Å². The highest BCUT2D eigenvalue weighted by molar-refractivity contribution is 6.37. The minimum atomic E-state index is -0.0473. The van der Waals surface area contributed by atoms with Gasteiger partial charge < -0.3 is 16.0 Å². The molecule has 0 spiro atoms. The molecule has 2 rings (SSSR count). The maximum absolute atomic E-state index is 11.4. The Balaban J connectivity index is 2.32. The Kier molecular flexibility index (Phi) is 3.59. The molecule has 0 saturated carbocycles. The Morgan fingerprint density at radius 1 is 1.41 bits per heavy atom. The number of aromatic nitrogens is 1. The van der Waals surface area contributed by atoms with Gasteiger partial charge in [0, 0.05) is 13.1 Å². The van der Waals surface area contributed by atoms with Gasteiger partial charge >= 0.3 is 0 Å². The lowest BCUT2D eigenvalue weighted by Gasteiger charge is -2.21. The third-order valence-electron chi connectivity index (χ3n) is 2.50. The number of carbonyl (C=O) groups is 1. The first-order valence-corrected chi connectivity index (χ1v) is 5.96. The first-order valence-electron chi connectivity index (χ1n) is 5.21. The summed E-state index contributed by atoms with van der Waals surface area (Å²) in [6, 6.07) is 1.55. The maximum Gasteiger partial charge on any atom is 0.239 e. The minimum absolute atomic E-state index is 0.0473. The third kappa shape index (κ3) is 2.73. The summed E-state index contributed by atoms with van der Waals surface area (Å²) in [7, 11) is 0. The zero-order valence-corrected chi connectivity index (χ0v) is 10.6. The van der Waals surface area contributed by atoms with Crippen LogP contribution >= 0.6 is 23.2 Å². The molecule has 0 aromatic carbocycles. The molecule has 1 aliphatic rings. The Bertz CT molecular complexity index is 452. The van der Waals surface area contributed by atoms with Crippen LogP contribution < -0.4 is 16.0 Å². The topological polar surface area (TPSA) is 71.2 Å². The smallest absolute Gasteiger partial charge is 0.239 e. The van der Waals surface area contributed by atoms with Gasteiger partial charge in [0.1, 0.15) is 11.6 Å². The molecule has 7 heteroatoms. The fraction of sp³-hybridized carbons (Fsp3) is 0.400. The van der Waals surface area contributed by atoms with E-state index in [1.54, 1.807) is 11.0 Å². The van der Waals surface area contributed by atoms with E-state index in [0.717, 1.165) is 6.42 Å². The summed E-state index contributed by atoms with van der Waals surface area (Å²) < 4.78 is 0. The van der Waals surface area contributed by atoms with E-state index in [2.05, 4.69) is 10.3 Å². The Hall–Kier alpha value is -1.20. The second-order valence-corrected chi connectivity index (χ2v) is 4.60. The molecule has 1 amide bonds. The molecule has 0 bridgehead atoms. The lowest BCUT2D eigenvalue weighted by Crippen LogP contribution is -2.33. The number of anilines is 2. The number of nitrogens with one attached hydrogen (secondary N) is 1. The van der Waals surface area contributed by atoms with Crippen molar-refractivity contribution in [2.45, 2.75) is 6.42 Å². The predicted octanol–water partition coefficient (Wildman–Crippen LogP) is 1.30. The quantitative estimate of drug-likeness (QED) is 0.810. The van der Waals surface area contributed by atoms with Crippen LogP contribution in [0, 0.1) is 0 Å². The Morgan fingerprint density at radius 2 is 2.18 bits per heavy atom.